The minimum absolute atomic E-state index is 0.483. The molecular weight excluding hydrogens is 456 g/mol. The van der Waals surface area contributed by atoms with Gasteiger partial charge in [-0.05, 0) is 37.1 Å². The Labute approximate surface area is 205 Å². The van der Waals surface area contributed by atoms with E-state index in [4.69, 9.17) is 14.4 Å². The van der Waals surface area contributed by atoms with Crippen LogP contribution in [-0.4, -0.2) is 31.3 Å². The van der Waals surface area contributed by atoms with Gasteiger partial charge in [-0.2, -0.15) is 0 Å². The average Bonchev–Trinajstić information content (AvgIpc) is 3.69. The van der Waals surface area contributed by atoms with E-state index in [1.165, 1.54) is 5.56 Å². The van der Waals surface area contributed by atoms with Crippen molar-refractivity contribution in [1.82, 2.24) is 24.7 Å². The fourth-order valence-electron chi connectivity index (χ4n) is 4.70. The van der Waals surface area contributed by atoms with Crippen molar-refractivity contribution in [3.05, 3.63) is 90.4 Å². The monoisotopic (exact) mass is 476 g/mol. The summed E-state index contributed by atoms with van der Waals surface area (Å²) in [5, 5.41) is 9.89. The smallest absolute Gasteiger partial charge is 0.323 e. The SMILES string of the molecule is Cc1nc(-c2ccccc2)nc2sc(-c3nnc(N4CCc5ccccc54)o3)c(-n3cccc3)c12. The molecular formula is C27H20N6OS. The molecule has 5 heterocycles. The van der Waals surface area contributed by atoms with Crippen LogP contribution in [0.5, 0.6) is 0 Å². The zero-order valence-electron chi connectivity index (χ0n) is 18.9. The largest absolute Gasteiger partial charge is 0.402 e. The fourth-order valence-corrected chi connectivity index (χ4v) is 5.84. The van der Waals surface area contributed by atoms with Crippen LogP contribution in [0.15, 0.2) is 83.5 Å². The Morgan fingerprint density at radius 1 is 0.886 bits per heavy atom. The van der Waals surface area contributed by atoms with Gasteiger partial charge in [0.15, 0.2) is 5.82 Å². The molecule has 0 saturated carbocycles. The topological polar surface area (TPSA) is 72.9 Å². The van der Waals surface area contributed by atoms with E-state index in [1.807, 2.05) is 67.8 Å². The van der Waals surface area contributed by atoms with Crippen LogP contribution < -0.4 is 4.90 Å². The van der Waals surface area contributed by atoms with Crippen molar-refractivity contribution >= 4 is 33.3 Å². The molecule has 0 amide bonds. The van der Waals surface area contributed by atoms with E-state index in [9.17, 15) is 0 Å². The first-order chi connectivity index (χ1) is 17.3. The molecule has 1 aliphatic heterocycles. The van der Waals surface area contributed by atoms with Gasteiger partial charge < -0.3 is 8.98 Å². The second kappa shape index (κ2) is 7.89. The van der Waals surface area contributed by atoms with Crippen molar-refractivity contribution in [1.29, 1.82) is 0 Å². The summed E-state index contributed by atoms with van der Waals surface area (Å²) in [5.41, 5.74) is 5.28. The number of rotatable bonds is 4. The third-order valence-corrected chi connectivity index (χ3v) is 7.39. The van der Waals surface area contributed by atoms with E-state index in [-0.39, 0.29) is 0 Å². The zero-order valence-corrected chi connectivity index (χ0v) is 19.7. The summed E-state index contributed by atoms with van der Waals surface area (Å²) in [6.45, 7) is 2.85. The lowest BCUT2D eigenvalue weighted by Crippen LogP contribution is -2.13. The van der Waals surface area contributed by atoms with Gasteiger partial charge in [0.25, 0.3) is 5.89 Å². The van der Waals surface area contributed by atoms with Crippen LogP contribution in [0.4, 0.5) is 11.7 Å². The molecule has 170 valence electrons. The van der Waals surface area contributed by atoms with Crippen LogP contribution in [0, 0.1) is 6.92 Å². The lowest BCUT2D eigenvalue weighted by atomic mass is 10.2. The quantitative estimate of drug-likeness (QED) is 0.302. The molecule has 4 aromatic heterocycles. The molecule has 0 unspecified atom stereocenters. The van der Waals surface area contributed by atoms with Gasteiger partial charge in [0.1, 0.15) is 9.71 Å². The number of para-hydroxylation sites is 1. The Balaban J connectivity index is 1.39. The number of thiophene rings is 1. The summed E-state index contributed by atoms with van der Waals surface area (Å²) in [6.07, 6.45) is 5.00. The van der Waals surface area contributed by atoms with Crippen molar-refractivity contribution in [2.75, 3.05) is 11.4 Å². The third kappa shape index (κ3) is 3.25. The molecule has 2 aromatic carbocycles. The first-order valence-electron chi connectivity index (χ1n) is 11.5. The van der Waals surface area contributed by atoms with Gasteiger partial charge in [-0.15, -0.1) is 16.4 Å². The number of nitrogens with zero attached hydrogens (tertiary/aromatic N) is 6. The Morgan fingerprint density at radius 2 is 1.69 bits per heavy atom. The highest BCUT2D eigenvalue weighted by atomic mass is 32.1. The molecule has 0 N–H and O–H groups in total. The van der Waals surface area contributed by atoms with Gasteiger partial charge in [0.2, 0.25) is 0 Å². The molecule has 0 fully saturated rings. The summed E-state index contributed by atoms with van der Waals surface area (Å²) >= 11 is 1.55. The number of benzene rings is 2. The van der Waals surface area contributed by atoms with E-state index in [2.05, 4.69) is 37.9 Å². The molecule has 0 radical (unpaired) electrons. The first-order valence-corrected chi connectivity index (χ1v) is 12.3. The molecule has 0 aliphatic carbocycles. The molecule has 7 rings (SSSR count). The van der Waals surface area contributed by atoms with Crippen LogP contribution in [-0.2, 0) is 6.42 Å². The highest BCUT2D eigenvalue weighted by Gasteiger charge is 2.27. The number of aryl methyl sites for hydroxylation is 1. The predicted octanol–water partition coefficient (Wildman–Crippen LogP) is 6.20. The summed E-state index contributed by atoms with van der Waals surface area (Å²) < 4.78 is 8.36. The van der Waals surface area contributed by atoms with Gasteiger partial charge in [-0.1, -0.05) is 53.6 Å². The van der Waals surface area contributed by atoms with Crippen molar-refractivity contribution < 1.29 is 4.42 Å². The molecule has 0 spiro atoms. The van der Waals surface area contributed by atoms with Crippen LogP contribution in [0.3, 0.4) is 0 Å². The number of fused-ring (bicyclic) bond motifs is 2. The average molecular weight is 477 g/mol. The number of anilines is 2. The van der Waals surface area contributed by atoms with Crippen molar-refractivity contribution in [3.63, 3.8) is 0 Å². The Bertz CT molecular complexity index is 1670. The molecule has 1 aliphatic rings. The van der Waals surface area contributed by atoms with Crippen molar-refractivity contribution in [3.8, 4) is 27.8 Å². The Morgan fingerprint density at radius 3 is 2.54 bits per heavy atom. The van der Waals surface area contributed by atoms with Crippen molar-refractivity contribution in [2.45, 2.75) is 13.3 Å². The maximum Gasteiger partial charge on any atom is 0.323 e. The molecule has 8 heteroatoms. The van der Waals surface area contributed by atoms with Gasteiger partial charge in [-0.25, -0.2) is 9.97 Å². The number of hydrogen-bond acceptors (Lipinski definition) is 7. The lowest BCUT2D eigenvalue weighted by Gasteiger charge is -2.13. The van der Waals surface area contributed by atoms with E-state index in [0.717, 1.165) is 50.7 Å². The summed E-state index contributed by atoms with van der Waals surface area (Å²) in [6, 6.07) is 22.9. The number of aromatic nitrogens is 5. The van der Waals surface area contributed by atoms with E-state index < -0.39 is 0 Å². The second-order valence-corrected chi connectivity index (χ2v) is 9.47. The van der Waals surface area contributed by atoms with E-state index >= 15 is 0 Å². The fraction of sp³-hybridized carbons (Fsp3) is 0.111. The van der Waals surface area contributed by atoms with Crippen LogP contribution in [0.25, 0.3) is 38.1 Å². The van der Waals surface area contributed by atoms with E-state index in [1.54, 1.807) is 11.3 Å². The van der Waals surface area contributed by atoms with Gasteiger partial charge in [0, 0.05) is 30.2 Å². The number of hydrogen-bond donors (Lipinski definition) is 0. The molecule has 7 nitrogen and oxygen atoms in total. The molecule has 35 heavy (non-hydrogen) atoms. The summed E-state index contributed by atoms with van der Waals surface area (Å²) in [4.78, 5) is 13.6. The molecule has 0 saturated heterocycles. The summed E-state index contributed by atoms with van der Waals surface area (Å²) in [5.74, 6) is 1.19. The highest BCUT2D eigenvalue weighted by molar-refractivity contribution is 7.22. The lowest BCUT2D eigenvalue weighted by molar-refractivity contribution is 0.567. The maximum absolute atomic E-state index is 6.29. The zero-order chi connectivity index (χ0) is 23.4. The first kappa shape index (κ1) is 20.1. The third-order valence-electron chi connectivity index (χ3n) is 6.33. The molecule has 0 bridgehead atoms. The molecule has 6 aromatic rings. The standard InChI is InChI=1S/C27H20N6OS/c1-17-21-22(32-14-7-8-15-32)23(35-26(21)29-24(28-17)19-10-3-2-4-11-19)25-30-31-27(34-25)33-16-13-18-9-5-6-12-20(18)33/h2-12,14-15H,13,16H2,1H3. The van der Waals surface area contributed by atoms with Gasteiger partial charge in [-0.3, -0.25) is 4.90 Å². The van der Waals surface area contributed by atoms with Crippen LogP contribution >= 0.6 is 11.3 Å². The van der Waals surface area contributed by atoms with Gasteiger partial charge in [0.05, 0.1) is 16.8 Å². The maximum atomic E-state index is 6.29. The summed E-state index contributed by atoms with van der Waals surface area (Å²) in [7, 11) is 0. The van der Waals surface area contributed by atoms with Gasteiger partial charge >= 0.3 is 6.01 Å². The Hall–Kier alpha value is -4.30. The van der Waals surface area contributed by atoms with E-state index in [0.29, 0.717) is 17.7 Å². The van der Waals surface area contributed by atoms with Crippen LogP contribution in [0.2, 0.25) is 0 Å². The normalized spacial score (nSPS) is 13.0. The van der Waals surface area contributed by atoms with Crippen LogP contribution in [0.1, 0.15) is 11.3 Å². The highest BCUT2D eigenvalue weighted by Crippen LogP contribution is 2.43. The second-order valence-electron chi connectivity index (χ2n) is 8.47. The minimum atomic E-state index is 0.483. The molecule has 0 atom stereocenters. The predicted molar refractivity (Wildman–Crippen MR) is 137 cm³/mol. The minimum Gasteiger partial charge on any atom is -0.402 e. The Kier molecular flexibility index (Phi) is 4.53. The van der Waals surface area contributed by atoms with Crippen molar-refractivity contribution in [2.24, 2.45) is 0 Å².